The number of hydrogen-bond donors (Lipinski definition) is 1. The molecule has 5 aliphatic carbocycles. The number of rotatable bonds is 3. The van der Waals surface area contributed by atoms with E-state index in [1.165, 1.54) is 0 Å². The molecule has 0 amide bonds. The number of ketones is 2. The van der Waals surface area contributed by atoms with E-state index in [0.29, 0.717) is 6.42 Å². The SMILES string of the molecule is CC1(C)CC[C@]2(CCC(=O)O)CC[C@]3(C)C(C(=O)C=C4[C@@]5(C)C=C(C#N)C(=O)C(C)(C)[C@@H]5CC[C@]43C)[C@H]2C1. The van der Waals surface area contributed by atoms with Gasteiger partial charge in [-0.1, -0.05) is 60.1 Å². The van der Waals surface area contributed by atoms with Gasteiger partial charge in [-0.25, -0.2) is 0 Å². The number of carbonyl (C=O) groups excluding carboxylic acids is 2. The minimum absolute atomic E-state index is 0.0405. The number of aliphatic carboxylic acids is 1. The van der Waals surface area contributed by atoms with E-state index in [1.807, 2.05) is 26.0 Å². The fourth-order valence-corrected chi connectivity index (χ4v) is 10.5. The lowest BCUT2D eigenvalue weighted by molar-refractivity contribution is -0.173. The number of hydrogen-bond acceptors (Lipinski definition) is 4. The standard InChI is InChI=1S/C33H45NO4/c1-28(2)12-14-33(11-9-25(36)37)15-13-32(7)26(21(33)18-28)22(35)16-24-30(5)17-20(19-34)27(38)29(3,4)23(30)8-10-31(24,32)6/h16-17,21,23,26H,8-15,18H2,1-7H3,(H,36,37)/t21-,23+,26?,30+,31-,32-,33-/m1/s1. The molecule has 5 heteroatoms. The Balaban J connectivity index is 1.66. The molecule has 0 spiro atoms. The van der Waals surface area contributed by atoms with Gasteiger partial charge in [-0.3, -0.25) is 14.4 Å². The van der Waals surface area contributed by atoms with Gasteiger partial charge in [0, 0.05) is 23.2 Å². The van der Waals surface area contributed by atoms with Crippen molar-refractivity contribution in [3.05, 3.63) is 23.3 Å². The van der Waals surface area contributed by atoms with Crippen LogP contribution in [0.4, 0.5) is 0 Å². The monoisotopic (exact) mass is 519 g/mol. The fraction of sp³-hybridized carbons (Fsp3) is 0.758. The number of nitriles is 1. The van der Waals surface area contributed by atoms with E-state index in [0.717, 1.165) is 50.5 Å². The number of Topliss-reactive ketones (excluding diaryl/α,β-unsaturated/α-hetero) is 1. The van der Waals surface area contributed by atoms with Crippen LogP contribution in [0, 0.1) is 61.6 Å². The Morgan fingerprint density at radius 1 is 1.03 bits per heavy atom. The summed E-state index contributed by atoms with van der Waals surface area (Å²) in [6.07, 6.45) is 11.4. The summed E-state index contributed by atoms with van der Waals surface area (Å²) in [6.45, 7) is 15.4. The van der Waals surface area contributed by atoms with Crippen molar-refractivity contribution in [3.63, 3.8) is 0 Å². The lowest BCUT2D eigenvalue weighted by Crippen LogP contribution is -2.64. The zero-order valence-corrected chi connectivity index (χ0v) is 24.4. The highest BCUT2D eigenvalue weighted by Gasteiger charge is 2.69. The maximum Gasteiger partial charge on any atom is 0.303 e. The number of nitrogens with zero attached hydrogens (tertiary/aromatic N) is 1. The van der Waals surface area contributed by atoms with E-state index in [-0.39, 0.29) is 63.0 Å². The Morgan fingerprint density at radius 3 is 2.32 bits per heavy atom. The van der Waals surface area contributed by atoms with Crippen LogP contribution in [-0.2, 0) is 14.4 Å². The summed E-state index contributed by atoms with van der Waals surface area (Å²) >= 11 is 0. The van der Waals surface area contributed by atoms with Gasteiger partial charge in [0.15, 0.2) is 11.6 Å². The van der Waals surface area contributed by atoms with Crippen molar-refractivity contribution in [1.82, 2.24) is 0 Å². The maximum absolute atomic E-state index is 14.4. The van der Waals surface area contributed by atoms with E-state index in [2.05, 4.69) is 40.7 Å². The van der Waals surface area contributed by atoms with Crippen LogP contribution in [0.5, 0.6) is 0 Å². The zero-order chi connectivity index (χ0) is 28.1. The fourth-order valence-electron chi connectivity index (χ4n) is 10.5. The molecule has 206 valence electrons. The minimum Gasteiger partial charge on any atom is -0.481 e. The lowest BCUT2D eigenvalue weighted by atomic mass is 9.34. The second-order valence-electron chi connectivity index (χ2n) is 15.5. The molecule has 0 radical (unpaired) electrons. The maximum atomic E-state index is 14.4. The molecule has 0 aliphatic heterocycles. The van der Waals surface area contributed by atoms with Crippen LogP contribution in [0.2, 0.25) is 0 Å². The highest BCUT2D eigenvalue weighted by atomic mass is 16.4. The Morgan fingerprint density at radius 2 is 1.68 bits per heavy atom. The first kappa shape index (κ1) is 27.4. The molecule has 5 aliphatic rings. The number of allylic oxidation sites excluding steroid dienone is 4. The predicted molar refractivity (Wildman–Crippen MR) is 146 cm³/mol. The van der Waals surface area contributed by atoms with Crippen molar-refractivity contribution >= 4 is 17.5 Å². The first-order chi connectivity index (χ1) is 17.5. The number of carboxylic acid groups (broad SMARTS) is 1. The van der Waals surface area contributed by atoms with E-state index < -0.39 is 16.8 Å². The molecule has 1 N–H and O–H groups in total. The number of carbonyl (C=O) groups is 3. The molecule has 3 fully saturated rings. The summed E-state index contributed by atoms with van der Waals surface area (Å²) < 4.78 is 0. The third-order valence-corrected chi connectivity index (χ3v) is 12.9. The summed E-state index contributed by atoms with van der Waals surface area (Å²) in [5.74, 6) is -0.559. The number of fused-ring (bicyclic) bond motifs is 7. The van der Waals surface area contributed by atoms with Crippen LogP contribution in [-0.4, -0.2) is 22.6 Å². The van der Waals surface area contributed by atoms with Gasteiger partial charge < -0.3 is 5.11 Å². The third kappa shape index (κ3) is 3.44. The normalized spacial score (nSPS) is 44.8. The Hall–Kier alpha value is -2.22. The summed E-state index contributed by atoms with van der Waals surface area (Å²) in [4.78, 5) is 39.3. The zero-order valence-electron chi connectivity index (χ0n) is 24.4. The molecule has 3 saturated carbocycles. The summed E-state index contributed by atoms with van der Waals surface area (Å²) in [6, 6.07) is 2.18. The first-order valence-corrected chi connectivity index (χ1v) is 14.6. The van der Waals surface area contributed by atoms with Gasteiger partial charge in [-0.05, 0) is 90.9 Å². The van der Waals surface area contributed by atoms with Crippen LogP contribution in [0.25, 0.3) is 0 Å². The first-order valence-electron chi connectivity index (χ1n) is 14.6. The molecule has 5 rings (SSSR count). The smallest absolute Gasteiger partial charge is 0.303 e. The van der Waals surface area contributed by atoms with Crippen molar-refractivity contribution in [2.75, 3.05) is 0 Å². The molecule has 0 aromatic rings. The Kier molecular flexibility index (Phi) is 5.87. The quantitative estimate of drug-likeness (QED) is 0.430. The van der Waals surface area contributed by atoms with Crippen LogP contribution in [0.3, 0.4) is 0 Å². The van der Waals surface area contributed by atoms with Gasteiger partial charge in [0.2, 0.25) is 0 Å². The highest BCUT2D eigenvalue weighted by molar-refractivity contribution is 6.04. The van der Waals surface area contributed by atoms with Crippen molar-refractivity contribution in [2.24, 2.45) is 50.2 Å². The van der Waals surface area contributed by atoms with Gasteiger partial charge in [0.05, 0.1) is 5.57 Å². The van der Waals surface area contributed by atoms with Gasteiger partial charge >= 0.3 is 5.97 Å². The predicted octanol–water partition coefficient (Wildman–Crippen LogP) is 7.07. The van der Waals surface area contributed by atoms with Crippen LogP contribution >= 0.6 is 0 Å². The molecule has 38 heavy (non-hydrogen) atoms. The second kappa shape index (κ2) is 8.15. The summed E-state index contributed by atoms with van der Waals surface area (Å²) in [7, 11) is 0. The molecule has 0 heterocycles. The molecule has 0 bridgehead atoms. The van der Waals surface area contributed by atoms with Gasteiger partial charge in [-0.2, -0.15) is 5.26 Å². The largest absolute Gasteiger partial charge is 0.481 e. The topological polar surface area (TPSA) is 95.2 Å². The summed E-state index contributed by atoms with van der Waals surface area (Å²) in [5.41, 5.74) is -0.293. The minimum atomic E-state index is -0.749. The van der Waals surface area contributed by atoms with Crippen molar-refractivity contribution in [1.29, 1.82) is 5.26 Å². The Bertz CT molecular complexity index is 1220. The molecule has 0 aromatic heterocycles. The van der Waals surface area contributed by atoms with E-state index >= 15 is 0 Å². The molecule has 5 nitrogen and oxygen atoms in total. The molecular formula is C33H45NO4. The average Bonchev–Trinajstić information content (AvgIpc) is 2.82. The van der Waals surface area contributed by atoms with Crippen LogP contribution in [0.1, 0.15) is 106 Å². The van der Waals surface area contributed by atoms with Gasteiger partial charge in [-0.15, -0.1) is 0 Å². The molecule has 0 saturated heterocycles. The van der Waals surface area contributed by atoms with Crippen molar-refractivity contribution in [2.45, 2.75) is 106 Å². The molecule has 7 atom stereocenters. The molecule has 0 aromatic carbocycles. The molecular weight excluding hydrogens is 474 g/mol. The molecule has 1 unspecified atom stereocenters. The highest BCUT2D eigenvalue weighted by Crippen LogP contribution is 2.75. The van der Waals surface area contributed by atoms with Crippen molar-refractivity contribution in [3.8, 4) is 6.07 Å². The van der Waals surface area contributed by atoms with E-state index in [4.69, 9.17) is 0 Å². The lowest BCUT2D eigenvalue weighted by Gasteiger charge is -2.69. The number of carboxylic acids is 1. The summed E-state index contributed by atoms with van der Waals surface area (Å²) in [5, 5.41) is 19.5. The Labute approximate surface area is 228 Å². The second-order valence-corrected chi connectivity index (χ2v) is 15.5. The third-order valence-electron chi connectivity index (χ3n) is 12.9. The van der Waals surface area contributed by atoms with Gasteiger partial charge in [0.25, 0.3) is 0 Å². The van der Waals surface area contributed by atoms with Gasteiger partial charge in [0.1, 0.15) is 6.07 Å². The van der Waals surface area contributed by atoms with E-state index in [9.17, 15) is 24.8 Å². The van der Waals surface area contributed by atoms with Crippen LogP contribution < -0.4 is 0 Å². The van der Waals surface area contributed by atoms with Crippen LogP contribution in [0.15, 0.2) is 23.3 Å². The average molecular weight is 520 g/mol. The van der Waals surface area contributed by atoms with Crippen molar-refractivity contribution < 1.29 is 19.5 Å². The van der Waals surface area contributed by atoms with E-state index in [1.54, 1.807) is 0 Å².